The van der Waals surface area contributed by atoms with Crippen LogP contribution in [0.15, 0.2) is 23.2 Å². The van der Waals surface area contributed by atoms with Crippen molar-refractivity contribution in [2.45, 2.75) is 18.4 Å². The fourth-order valence-corrected chi connectivity index (χ4v) is 3.57. The molecule has 0 unspecified atom stereocenters. The van der Waals surface area contributed by atoms with E-state index in [1.807, 2.05) is 6.07 Å². The standard InChI is InChI=1S/C14H14FN3OS/c15-12-2-1-11(7-10(12)8-16)17-13-18-14(9-20-13)3-5-19-6-4-14/h1-2,7H,3-6,9H2,(H,17,18). The highest BCUT2D eigenvalue weighted by Crippen LogP contribution is 2.36. The van der Waals surface area contributed by atoms with E-state index < -0.39 is 5.82 Å². The van der Waals surface area contributed by atoms with Crippen molar-refractivity contribution in [3.63, 3.8) is 0 Å². The van der Waals surface area contributed by atoms with Gasteiger partial charge in [0.1, 0.15) is 11.9 Å². The average molecular weight is 291 g/mol. The Bertz CT molecular complexity index is 591. The second kappa shape index (κ2) is 5.43. The first-order valence-electron chi connectivity index (χ1n) is 6.48. The number of amidine groups is 1. The number of aliphatic imine (C=N–C) groups is 1. The number of hydrogen-bond donors (Lipinski definition) is 1. The van der Waals surface area contributed by atoms with E-state index in [0.717, 1.165) is 37.0 Å². The summed E-state index contributed by atoms with van der Waals surface area (Å²) in [5.41, 5.74) is 0.723. The van der Waals surface area contributed by atoms with Crippen molar-refractivity contribution in [3.05, 3.63) is 29.6 Å². The van der Waals surface area contributed by atoms with E-state index in [2.05, 4.69) is 5.32 Å². The van der Waals surface area contributed by atoms with Gasteiger partial charge in [0.25, 0.3) is 0 Å². The number of benzene rings is 1. The molecular weight excluding hydrogens is 277 g/mol. The summed E-state index contributed by atoms with van der Waals surface area (Å²) in [4.78, 5) is 4.76. The van der Waals surface area contributed by atoms with Gasteiger partial charge in [-0.1, -0.05) is 11.8 Å². The summed E-state index contributed by atoms with van der Waals surface area (Å²) in [5, 5.41) is 12.8. The number of halogens is 1. The van der Waals surface area contributed by atoms with Gasteiger partial charge in [0.2, 0.25) is 0 Å². The average Bonchev–Trinajstić information content (AvgIpc) is 2.84. The van der Waals surface area contributed by atoms with Crippen molar-refractivity contribution in [2.24, 2.45) is 4.99 Å². The van der Waals surface area contributed by atoms with Gasteiger partial charge < -0.3 is 10.1 Å². The number of nitrogens with one attached hydrogen (secondary N) is 1. The Kier molecular flexibility index (Phi) is 3.64. The number of nitriles is 1. The molecule has 4 nitrogen and oxygen atoms in total. The van der Waals surface area contributed by atoms with Crippen LogP contribution in [0.25, 0.3) is 0 Å². The van der Waals surface area contributed by atoms with Gasteiger partial charge in [-0.15, -0.1) is 0 Å². The van der Waals surface area contributed by atoms with Crippen LogP contribution in [0.5, 0.6) is 0 Å². The van der Waals surface area contributed by atoms with Gasteiger partial charge in [-0.3, -0.25) is 4.99 Å². The van der Waals surface area contributed by atoms with E-state index >= 15 is 0 Å². The third-order valence-corrected chi connectivity index (χ3v) is 4.73. The molecule has 1 saturated heterocycles. The van der Waals surface area contributed by atoms with Crippen molar-refractivity contribution >= 4 is 22.6 Å². The molecule has 0 atom stereocenters. The molecule has 1 aromatic carbocycles. The fourth-order valence-electron chi connectivity index (χ4n) is 2.37. The van der Waals surface area contributed by atoms with Crippen molar-refractivity contribution in [1.29, 1.82) is 5.26 Å². The molecule has 0 bridgehead atoms. The quantitative estimate of drug-likeness (QED) is 0.864. The van der Waals surface area contributed by atoms with Crippen LogP contribution in [0.4, 0.5) is 10.1 Å². The molecule has 20 heavy (non-hydrogen) atoms. The van der Waals surface area contributed by atoms with Gasteiger partial charge in [-0.05, 0) is 31.0 Å². The molecule has 1 spiro atoms. The molecule has 3 rings (SSSR count). The number of anilines is 1. The predicted molar refractivity (Wildman–Crippen MR) is 77.4 cm³/mol. The van der Waals surface area contributed by atoms with Crippen LogP contribution in [0.3, 0.4) is 0 Å². The van der Waals surface area contributed by atoms with Crippen molar-refractivity contribution < 1.29 is 9.13 Å². The topological polar surface area (TPSA) is 57.4 Å². The molecular formula is C14H14FN3OS. The van der Waals surface area contributed by atoms with E-state index in [4.69, 9.17) is 15.0 Å². The first-order valence-corrected chi connectivity index (χ1v) is 7.46. The Morgan fingerprint density at radius 1 is 1.40 bits per heavy atom. The highest BCUT2D eigenvalue weighted by molar-refractivity contribution is 8.14. The second-order valence-electron chi connectivity index (χ2n) is 4.97. The minimum absolute atomic E-state index is 0.0106. The molecule has 0 aromatic heterocycles. The molecule has 1 aromatic rings. The molecule has 2 heterocycles. The zero-order valence-corrected chi connectivity index (χ0v) is 11.7. The molecule has 2 aliphatic rings. The van der Waals surface area contributed by atoms with Crippen molar-refractivity contribution in [2.75, 3.05) is 24.3 Å². The smallest absolute Gasteiger partial charge is 0.161 e. The monoisotopic (exact) mass is 291 g/mol. The summed E-state index contributed by atoms with van der Waals surface area (Å²) in [6, 6.07) is 6.26. The molecule has 0 amide bonds. The number of ether oxygens (including phenoxy) is 1. The lowest BCUT2D eigenvalue weighted by molar-refractivity contribution is 0.0624. The van der Waals surface area contributed by atoms with Crippen LogP contribution in [0, 0.1) is 17.1 Å². The van der Waals surface area contributed by atoms with Gasteiger partial charge in [-0.2, -0.15) is 5.26 Å². The normalized spacial score (nSPS) is 20.5. The van der Waals surface area contributed by atoms with Crippen LogP contribution in [-0.4, -0.2) is 29.7 Å². The summed E-state index contributed by atoms with van der Waals surface area (Å²) < 4.78 is 18.6. The number of thioether (sulfide) groups is 1. The number of nitrogens with zero attached hydrogens (tertiary/aromatic N) is 2. The summed E-state index contributed by atoms with van der Waals surface area (Å²) in [6.45, 7) is 1.51. The van der Waals surface area contributed by atoms with Crippen LogP contribution < -0.4 is 5.32 Å². The largest absolute Gasteiger partial charge is 0.381 e. The Morgan fingerprint density at radius 2 is 2.20 bits per heavy atom. The Labute approximate surface area is 121 Å². The van der Waals surface area contributed by atoms with Gasteiger partial charge >= 0.3 is 0 Å². The van der Waals surface area contributed by atoms with Crippen LogP contribution in [-0.2, 0) is 4.74 Å². The highest BCUT2D eigenvalue weighted by atomic mass is 32.2. The van der Waals surface area contributed by atoms with E-state index in [1.165, 1.54) is 12.1 Å². The zero-order chi connectivity index (χ0) is 14.0. The SMILES string of the molecule is N#Cc1cc(NC2=NC3(CCOCC3)CS2)ccc1F. The minimum atomic E-state index is -0.500. The van der Waals surface area contributed by atoms with Crippen molar-refractivity contribution in [3.8, 4) is 6.07 Å². The van der Waals surface area contributed by atoms with Crippen LogP contribution in [0.2, 0.25) is 0 Å². The van der Waals surface area contributed by atoms with Gasteiger partial charge in [0.15, 0.2) is 5.17 Å². The third kappa shape index (κ3) is 2.65. The first kappa shape index (κ1) is 13.4. The molecule has 0 radical (unpaired) electrons. The third-order valence-electron chi connectivity index (χ3n) is 3.58. The fraction of sp³-hybridized carbons (Fsp3) is 0.429. The molecule has 1 N–H and O–H groups in total. The number of rotatable bonds is 1. The van der Waals surface area contributed by atoms with Crippen molar-refractivity contribution in [1.82, 2.24) is 0 Å². The Balaban J connectivity index is 1.75. The number of hydrogen-bond acceptors (Lipinski definition) is 5. The highest BCUT2D eigenvalue weighted by Gasteiger charge is 2.37. The maximum atomic E-state index is 13.3. The van der Waals surface area contributed by atoms with E-state index in [1.54, 1.807) is 17.8 Å². The molecule has 6 heteroatoms. The minimum Gasteiger partial charge on any atom is -0.381 e. The Hall–Kier alpha value is -1.58. The van der Waals surface area contributed by atoms with Crippen LogP contribution in [0.1, 0.15) is 18.4 Å². The zero-order valence-electron chi connectivity index (χ0n) is 10.9. The van der Waals surface area contributed by atoms with Crippen LogP contribution >= 0.6 is 11.8 Å². The molecule has 2 aliphatic heterocycles. The molecule has 104 valence electrons. The molecule has 0 saturated carbocycles. The Morgan fingerprint density at radius 3 is 2.95 bits per heavy atom. The lowest BCUT2D eigenvalue weighted by atomic mass is 9.93. The summed E-state index contributed by atoms with van der Waals surface area (Å²) >= 11 is 1.67. The van der Waals surface area contributed by atoms with Gasteiger partial charge in [0, 0.05) is 24.7 Å². The van der Waals surface area contributed by atoms with Gasteiger partial charge in [0.05, 0.1) is 11.1 Å². The summed E-state index contributed by atoms with van der Waals surface area (Å²) in [5.74, 6) is 0.449. The first-order chi connectivity index (χ1) is 9.71. The van der Waals surface area contributed by atoms with E-state index in [-0.39, 0.29) is 11.1 Å². The lowest BCUT2D eigenvalue weighted by Gasteiger charge is -2.29. The maximum absolute atomic E-state index is 13.3. The predicted octanol–water partition coefficient (Wildman–Crippen LogP) is 2.76. The van der Waals surface area contributed by atoms with E-state index in [0.29, 0.717) is 5.69 Å². The molecule has 1 fully saturated rings. The molecule has 0 aliphatic carbocycles. The van der Waals surface area contributed by atoms with Gasteiger partial charge in [-0.25, -0.2) is 4.39 Å². The maximum Gasteiger partial charge on any atom is 0.161 e. The second-order valence-corrected chi connectivity index (χ2v) is 5.94. The summed E-state index contributed by atoms with van der Waals surface area (Å²) in [6.07, 6.45) is 1.89. The summed E-state index contributed by atoms with van der Waals surface area (Å²) in [7, 11) is 0. The lowest BCUT2D eigenvalue weighted by Crippen LogP contribution is -2.34. The van der Waals surface area contributed by atoms with E-state index in [9.17, 15) is 4.39 Å².